The first-order valence-electron chi connectivity index (χ1n) is 5.77. The molecule has 108 valence electrons. The Balaban J connectivity index is 2.33. The molecule has 0 unspecified atom stereocenters. The molecule has 7 heteroatoms. The van der Waals surface area contributed by atoms with Crippen molar-refractivity contribution in [2.45, 2.75) is 0 Å². The summed E-state index contributed by atoms with van der Waals surface area (Å²) in [4.78, 5) is 23.3. The second kappa shape index (κ2) is 6.03. The Bertz CT molecular complexity index is 712. The average molecular weight is 325 g/mol. The molecule has 2 aromatic carbocycles. The van der Waals surface area contributed by atoms with Crippen LogP contribution in [0.2, 0.25) is 10.0 Å². The van der Waals surface area contributed by atoms with Crippen LogP contribution in [0.5, 0.6) is 0 Å². The average Bonchev–Trinajstić information content (AvgIpc) is 2.39. The number of amides is 1. The molecular formula is C14H10Cl2N2O3. The van der Waals surface area contributed by atoms with Crippen LogP contribution in [0.3, 0.4) is 0 Å². The maximum absolute atomic E-state index is 12.1. The minimum atomic E-state index is -1.20. The van der Waals surface area contributed by atoms with Gasteiger partial charge in [-0.25, -0.2) is 4.79 Å². The highest BCUT2D eigenvalue weighted by Gasteiger charge is 2.14. The quantitative estimate of drug-likeness (QED) is 0.753. The maximum atomic E-state index is 12.1. The lowest BCUT2D eigenvalue weighted by Crippen LogP contribution is -2.15. The summed E-state index contributed by atoms with van der Waals surface area (Å²) in [6.45, 7) is 0. The molecular weight excluding hydrogens is 315 g/mol. The number of hydrogen-bond acceptors (Lipinski definition) is 3. The molecule has 4 N–H and O–H groups in total. The van der Waals surface area contributed by atoms with Crippen molar-refractivity contribution in [2.24, 2.45) is 0 Å². The van der Waals surface area contributed by atoms with Crippen LogP contribution in [0, 0.1) is 0 Å². The zero-order valence-electron chi connectivity index (χ0n) is 10.6. The van der Waals surface area contributed by atoms with Crippen LogP contribution in [-0.4, -0.2) is 17.0 Å². The van der Waals surface area contributed by atoms with Crippen LogP contribution in [0.25, 0.3) is 0 Å². The molecule has 0 aliphatic carbocycles. The molecule has 0 aliphatic rings. The van der Waals surface area contributed by atoms with E-state index in [1.54, 1.807) is 0 Å². The molecule has 0 saturated heterocycles. The van der Waals surface area contributed by atoms with Gasteiger partial charge in [-0.15, -0.1) is 0 Å². The predicted octanol–water partition coefficient (Wildman–Crippen LogP) is 3.53. The fraction of sp³-hybridized carbons (Fsp3) is 0. The number of carboxylic acid groups (broad SMARTS) is 1. The van der Waals surface area contributed by atoms with Crippen LogP contribution >= 0.6 is 23.2 Å². The lowest BCUT2D eigenvalue weighted by atomic mass is 10.1. The molecule has 2 aromatic rings. The Hall–Kier alpha value is -2.24. The van der Waals surface area contributed by atoms with Crippen molar-refractivity contribution in [2.75, 3.05) is 11.1 Å². The molecule has 2 rings (SSSR count). The third kappa shape index (κ3) is 3.65. The molecule has 0 spiro atoms. The van der Waals surface area contributed by atoms with Crippen molar-refractivity contribution < 1.29 is 14.7 Å². The van der Waals surface area contributed by atoms with E-state index in [0.29, 0.717) is 10.7 Å². The van der Waals surface area contributed by atoms with E-state index < -0.39 is 11.9 Å². The molecule has 0 aliphatic heterocycles. The standard InChI is InChI=1S/C14H10Cl2N2O3/c15-8-1-2-12(11(6-8)14(20)21)18-13(19)7-3-9(16)5-10(17)4-7/h1-6H,17H2,(H,18,19)(H,20,21). The fourth-order valence-corrected chi connectivity index (χ4v) is 2.16. The number of hydrogen-bond donors (Lipinski definition) is 3. The third-order valence-electron chi connectivity index (χ3n) is 2.64. The van der Waals surface area contributed by atoms with Gasteiger partial charge < -0.3 is 16.2 Å². The van der Waals surface area contributed by atoms with Crippen molar-refractivity contribution in [3.8, 4) is 0 Å². The Kier molecular flexibility index (Phi) is 4.35. The van der Waals surface area contributed by atoms with Gasteiger partial charge >= 0.3 is 5.97 Å². The summed E-state index contributed by atoms with van der Waals surface area (Å²) in [5.41, 5.74) is 6.21. The van der Waals surface area contributed by atoms with E-state index in [-0.39, 0.29) is 21.8 Å². The zero-order chi connectivity index (χ0) is 15.6. The number of nitrogens with one attached hydrogen (secondary N) is 1. The van der Waals surface area contributed by atoms with Crippen molar-refractivity contribution in [1.82, 2.24) is 0 Å². The normalized spacial score (nSPS) is 10.2. The fourth-order valence-electron chi connectivity index (χ4n) is 1.74. The lowest BCUT2D eigenvalue weighted by molar-refractivity contribution is 0.0698. The molecule has 0 heterocycles. The van der Waals surface area contributed by atoms with Crippen molar-refractivity contribution in [3.05, 3.63) is 57.6 Å². The van der Waals surface area contributed by atoms with Gasteiger partial charge in [-0.2, -0.15) is 0 Å². The Morgan fingerprint density at radius 3 is 2.38 bits per heavy atom. The van der Waals surface area contributed by atoms with E-state index in [9.17, 15) is 9.59 Å². The molecule has 0 atom stereocenters. The summed E-state index contributed by atoms with van der Waals surface area (Å²) in [5, 5.41) is 12.2. The summed E-state index contributed by atoms with van der Waals surface area (Å²) in [5.74, 6) is -1.72. The van der Waals surface area contributed by atoms with Gasteiger partial charge in [-0.05, 0) is 36.4 Å². The molecule has 0 fully saturated rings. The smallest absolute Gasteiger partial charge is 0.337 e. The summed E-state index contributed by atoms with van der Waals surface area (Å²) in [6, 6.07) is 8.53. The molecule has 1 amide bonds. The van der Waals surface area contributed by atoms with E-state index in [2.05, 4.69) is 5.32 Å². The van der Waals surface area contributed by atoms with Crippen LogP contribution in [0.1, 0.15) is 20.7 Å². The van der Waals surface area contributed by atoms with E-state index in [0.717, 1.165) is 0 Å². The number of nitrogens with two attached hydrogens (primary N) is 1. The number of carbonyl (C=O) groups is 2. The van der Waals surface area contributed by atoms with Crippen LogP contribution in [0.15, 0.2) is 36.4 Å². The van der Waals surface area contributed by atoms with E-state index in [1.165, 1.54) is 36.4 Å². The van der Waals surface area contributed by atoms with E-state index >= 15 is 0 Å². The first kappa shape index (κ1) is 15.2. The lowest BCUT2D eigenvalue weighted by Gasteiger charge is -2.09. The second-order valence-electron chi connectivity index (χ2n) is 4.22. The highest BCUT2D eigenvalue weighted by molar-refractivity contribution is 6.31. The number of benzene rings is 2. The molecule has 0 radical (unpaired) electrons. The summed E-state index contributed by atoms with van der Waals surface area (Å²) < 4.78 is 0. The van der Waals surface area contributed by atoms with Gasteiger partial charge in [0.1, 0.15) is 0 Å². The van der Waals surface area contributed by atoms with Crippen LogP contribution in [0.4, 0.5) is 11.4 Å². The number of aromatic carboxylic acids is 1. The van der Waals surface area contributed by atoms with Crippen molar-refractivity contribution in [1.29, 1.82) is 0 Å². The topological polar surface area (TPSA) is 92.4 Å². The van der Waals surface area contributed by atoms with Gasteiger partial charge in [0.05, 0.1) is 11.3 Å². The van der Waals surface area contributed by atoms with Gasteiger partial charge in [0.25, 0.3) is 5.91 Å². The molecule has 0 saturated carbocycles. The summed E-state index contributed by atoms with van der Waals surface area (Å²) in [6.07, 6.45) is 0. The monoisotopic (exact) mass is 324 g/mol. The number of carboxylic acids is 1. The van der Waals surface area contributed by atoms with Gasteiger partial charge in [-0.1, -0.05) is 23.2 Å². The van der Waals surface area contributed by atoms with Gasteiger partial charge in [-0.3, -0.25) is 4.79 Å². The number of nitrogen functional groups attached to an aromatic ring is 1. The third-order valence-corrected chi connectivity index (χ3v) is 3.10. The van der Waals surface area contributed by atoms with Crippen LogP contribution < -0.4 is 11.1 Å². The number of anilines is 2. The molecule has 0 bridgehead atoms. The summed E-state index contributed by atoms with van der Waals surface area (Å²) in [7, 11) is 0. The van der Waals surface area contributed by atoms with Crippen molar-refractivity contribution in [3.63, 3.8) is 0 Å². The minimum Gasteiger partial charge on any atom is -0.478 e. The minimum absolute atomic E-state index is 0.106. The van der Waals surface area contributed by atoms with Gasteiger partial charge in [0.15, 0.2) is 0 Å². The molecule has 21 heavy (non-hydrogen) atoms. The SMILES string of the molecule is Nc1cc(Cl)cc(C(=O)Nc2ccc(Cl)cc2C(=O)O)c1. The van der Waals surface area contributed by atoms with E-state index in [4.69, 9.17) is 34.0 Å². The first-order chi connectivity index (χ1) is 9.86. The summed E-state index contributed by atoms with van der Waals surface area (Å²) >= 11 is 11.6. The predicted molar refractivity (Wildman–Crippen MR) is 82.2 cm³/mol. The number of halogens is 2. The van der Waals surface area contributed by atoms with Gasteiger partial charge in [0, 0.05) is 21.3 Å². The Morgan fingerprint density at radius 2 is 1.76 bits per heavy atom. The van der Waals surface area contributed by atoms with Crippen LogP contribution in [-0.2, 0) is 0 Å². The molecule has 0 aromatic heterocycles. The largest absolute Gasteiger partial charge is 0.478 e. The Morgan fingerprint density at radius 1 is 1.05 bits per heavy atom. The molecule has 5 nitrogen and oxygen atoms in total. The number of rotatable bonds is 3. The zero-order valence-corrected chi connectivity index (χ0v) is 12.1. The maximum Gasteiger partial charge on any atom is 0.337 e. The van der Waals surface area contributed by atoms with E-state index in [1.807, 2.05) is 0 Å². The first-order valence-corrected chi connectivity index (χ1v) is 6.52. The number of carbonyl (C=O) groups excluding carboxylic acids is 1. The van der Waals surface area contributed by atoms with Crippen molar-refractivity contribution >= 4 is 46.5 Å². The van der Waals surface area contributed by atoms with Gasteiger partial charge in [0.2, 0.25) is 0 Å². The Labute approximate surface area is 130 Å². The highest BCUT2D eigenvalue weighted by Crippen LogP contribution is 2.23. The highest BCUT2D eigenvalue weighted by atomic mass is 35.5. The second-order valence-corrected chi connectivity index (χ2v) is 5.10.